The molecule has 1 N–H and O–H groups in total. The van der Waals surface area contributed by atoms with E-state index in [1.165, 1.54) is 16.7 Å². The SMILES string of the molecule is CC(=O)CCNc1ccc(C)c(C)c1C. The zero-order chi connectivity index (χ0) is 11.4. The van der Waals surface area contributed by atoms with E-state index in [0.29, 0.717) is 6.42 Å². The Morgan fingerprint density at radius 3 is 2.47 bits per heavy atom. The first-order valence-electron chi connectivity index (χ1n) is 5.32. The molecule has 15 heavy (non-hydrogen) atoms. The Kier molecular flexibility index (Phi) is 3.89. The Labute approximate surface area is 91.7 Å². The van der Waals surface area contributed by atoms with E-state index in [2.05, 4.69) is 38.2 Å². The van der Waals surface area contributed by atoms with Crippen LogP contribution in [0.2, 0.25) is 0 Å². The summed E-state index contributed by atoms with van der Waals surface area (Å²) >= 11 is 0. The number of nitrogens with one attached hydrogen (secondary N) is 1. The van der Waals surface area contributed by atoms with Crippen molar-refractivity contribution in [1.29, 1.82) is 0 Å². The maximum atomic E-state index is 10.8. The second kappa shape index (κ2) is 4.96. The summed E-state index contributed by atoms with van der Waals surface area (Å²) in [6, 6.07) is 4.19. The van der Waals surface area contributed by atoms with Gasteiger partial charge in [-0.1, -0.05) is 6.07 Å². The van der Waals surface area contributed by atoms with Crippen molar-refractivity contribution in [3.8, 4) is 0 Å². The van der Waals surface area contributed by atoms with Crippen LogP contribution >= 0.6 is 0 Å². The average Bonchev–Trinajstić information content (AvgIpc) is 2.18. The van der Waals surface area contributed by atoms with Crippen LogP contribution < -0.4 is 5.32 Å². The lowest BCUT2D eigenvalue weighted by atomic mass is 10.0. The number of Topliss-reactive ketones (excluding diaryl/α,β-unsaturated/α-hetero) is 1. The highest BCUT2D eigenvalue weighted by Crippen LogP contribution is 2.21. The molecule has 0 radical (unpaired) electrons. The molecule has 0 saturated carbocycles. The second-order valence-corrected chi connectivity index (χ2v) is 4.06. The summed E-state index contributed by atoms with van der Waals surface area (Å²) < 4.78 is 0. The first-order valence-corrected chi connectivity index (χ1v) is 5.32. The molecule has 2 nitrogen and oxygen atoms in total. The number of aryl methyl sites for hydroxylation is 1. The van der Waals surface area contributed by atoms with Crippen LogP contribution in [0.25, 0.3) is 0 Å². The first-order chi connectivity index (χ1) is 7.02. The standard InChI is InChI=1S/C13H19NO/c1-9-5-6-13(12(4)11(9)3)14-8-7-10(2)15/h5-6,14H,7-8H2,1-4H3. The van der Waals surface area contributed by atoms with Crippen LogP contribution in [0.15, 0.2) is 12.1 Å². The van der Waals surface area contributed by atoms with Crippen molar-refractivity contribution in [2.45, 2.75) is 34.1 Å². The van der Waals surface area contributed by atoms with E-state index < -0.39 is 0 Å². The molecule has 2 heteroatoms. The molecule has 1 rings (SSSR count). The van der Waals surface area contributed by atoms with Gasteiger partial charge in [0.25, 0.3) is 0 Å². The average molecular weight is 205 g/mol. The summed E-state index contributed by atoms with van der Waals surface area (Å²) in [6.07, 6.45) is 0.590. The molecule has 0 aliphatic heterocycles. The minimum Gasteiger partial charge on any atom is -0.384 e. The van der Waals surface area contributed by atoms with Crippen molar-refractivity contribution in [2.75, 3.05) is 11.9 Å². The molecule has 0 spiro atoms. The van der Waals surface area contributed by atoms with Crippen molar-refractivity contribution in [1.82, 2.24) is 0 Å². The summed E-state index contributed by atoms with van der Waals surface area (Å²) in [6.45, 7) is 8.69. The molecule has 0 aliphatic rings. The number of ketones is 1. The summed E-state index contributed by atoms with van der Waals surface area (Å²) in [5, 5.41) is 3.29. The maximum absolute atomic E-state index is 10.8. The van der Waals surface area contributed by atoms with E-state index in [-0.39, 0.29) is 5.78 Å². The zero-order valence-electron chi connectivity index (χ0n) is 9.98. The lowest BCUT2D eigenvalue weighted by Crippen LogP contribution is -2.07. The Balaban J connectivity index is 2.70. The van der Waals surface area contributed by atoms with Crippen LogP contribution in [0.1, 0.15) is 30.0 Å². The fourth-order valence-corrected chi connectivity index (χ4v) is 1.52. The third-order valence-corrected chi connectivity index (χ3v) is 2.85. The molecule has 1 aromatic rings. The minimum atomic E-state index is 0.226. The molecule has 0 amide bonds. The minimum absolute atomic E-state index is 0.226. The van der Waals surface area contributed by atoms with E-state index >= 15 is 0 Å². The highest BCUT2D eigenvalue weighted by atomic mass is 16.1. The topological polar surface area (TPSA) is 29.1 Å². The second-order valence-electron chi connectivity index (χ2n) is 4.06. The van der Waals surface area contributed by atoms with Crippen molar-refractivity contribution >= 4 is 11.5 Å². The number of benzene rings is 1. The number of rotatable bonds is 4. The van der Waals surface area contributed by atoms with Crippen molar-refractivity contribution in [3.05, 3.63) is 28.8 Å². The summed E-state index contributed by atoms with van der Waals surface area (Å²) in [4.78, 5) is 10.8. The van der Waals surface area contributed by atoms with E-state index in [9.17, 15) is 4.79 Å². The smallest absolute Gasteiger partial charge is 0.131 e. The highest BCUT2D eigenvalue weighted by molar-refractivity contribution is 5.76. The van der Waals surface area contributed by atoms with Crippen molar-refractivity contribution in [3.63, 3.8) is 0 Å². The van der Waals surface area contributed by atoms with Gasteiger partial charge in [0.15, 0.2) is 0 Å². The Morgan fingerprint density at radius 2 is 1.87 bits per heavy atom. The largest absolute Gasteiger partial charge is 0.384 e. The fourth-order valence-electron chi connectivity index (χ4n) is 1.52. The maximum Gasteiger partial charge on any atom is 0.131 e. The van der Waals surface area contributed by atoms with Gasteiger partial charge in [-0.3, -0.25) is 4.79 Å². The number of carbonyl (C=O) groups is 1. The highest BCUT2D eigenvalue weighted by Gasteiger charge is 2.03. The number of anilines is 1. The molecule has 82 valence electrons. The van der Waals surface area contributed by atoms with E-state index in [1.807, 2.05) is 0 Å². The number of carbonyl (C=O) groups excluding carboxylic acids is 1. The van der Waals surface area contributed by atoms with E-state index in [4.69, 9.17) is 0 Å². The third-order valence-electron chi connectivity index (χ3n) is 2.85. The summed E-state index contributed by atoms with van der Waals surface area (Å²) in [5.74, 6) is 0.226. The molecular weight excluding hydrogens is 186 g/mol. The molecule has 0 heterocycles. The van der Waals surface area contributed by atoms with Gasteiger partial charge in [0, 0.05) is 18.7 Å². The third kappa shape index (κ3) is 3.08. The Hall–Kier alpha value is -1.31. The van der Waals surface area contributed by atoms with E-state index in [1.54, 1.807) is 6.92 Å². The number of hydrogen-bond acceptors (Lipinski definition) is 2. The number of hydrogen-bond donors (Lipinski definition) is 1. The Morgan fingerprint density at radius 1 is 1.20 bits per heavy atom. The quantitative estimate of drug-likeness (QED) is 0.818. The van der Waals surface area contributed by atoms with Gasteiger partial charge in [-0.25, -0.2) is 0 Å². The Bertz CT molecular complexity index is 369. The van der Waals surface area contributed by atoms with E-state index in [0.717, 1.165) is 12.2 Å². The molecule has 0 aliphatic carbocycles. The van der Waals surface area contributed by atoms with Gasteiger partial charge in [-0.2, -0.15) is 0 Å². The summed E-state index contributed by atoms with van der Waals surface area (Å²) in [5.41, 5.74) is 5.05. The van der Waals surface area contributed by atoms with Crippen LogP contribution in [0.5, 0.6) is 0 Å². The molecule has 0 unspecified atom stereocenters. The van der Waals surface area contributed by atoms with Gasteiger partial charge in [0.1, 0.15) is 5.78 Å². The monoisotopic (exact) mass is 205 g/mol. The molecule has 1 aromatic carbocycles. The van der Waals surface area contributed by atoms with Gasteiger partial charge in [0.2, 0.25) is 0 Å². The van der Waals surface area contributed by atoms with Crippen LogP contribution in [0.3, 0.4) is 0 Å². The molecule has 0 fully saturated rings. The predicted molar refractivity (Wildman–Crippen MR) is 64.4 cm³/mol. The molecule has 0 atom stereocenters. The fraction of sp³-hybridized carbons (Fsp3) is 0.462. The van der Waals surface area contributed by atoms with Gasteiger partial charge >= 0.3 is 0 Å². The normalized spacial score (nSPS) is 10.1. The molecule has 0 bridgehead atoms. The lowest BCUT2D eigenvalue weighted by molar-refractivity contribution is -0.116. The van der Waals surface area contributed by atoms with Crippen LogP contribution in [-0.4, -0.2) is 12.3 Å². The lowest BCUT2D eigenvalue weighted by Gasteiger charge is -2.12. The van der Waals surface area contributed by atoms with Crippen molar-refractivity contribution < 1.29 is 4.79 Å². The molecular formula is C13H19NO. The predicted octanol–water partition coefficient (Wildman–Crippen LogP) is 3.00. The zero-order valence-corrected chi connectivity index (χ0v) is 9.98. The van der Waals surface area contributed by atoms with Gasteiger partial charge in [-0.05, 0) is 50.5 Å². The van der Waals surface area contributed by atoms with Gasteiger partial charge in [0.05, 0.1) is 0 Å². The first kappa shape index (κ1) is 11.8. The van der Waals surface area contributed by atoms with Crippen molar-refractivity contribution in [2.24, 2.45) is 0 Å². The van der Waals surface area contributed by atoms with Crippen LogP contribution in [-0.2, 0) is 4.79 Å². The molecule has 0 saturated heterocycles. The molecule has 0 aromatic heterocycles. The summed E-state index contributed by atoms with van der Waals surface area (Å²) in [7, 11) is 0. The van der Waals surface area contributed by atoms with Gasteiger partial charge < -0.3 is 5.32 Å². The van der Waals surface area contributed by atoms with Crippen LogP contribution in [0.4, 0.5) is 5.69 Å². The van der Waals surface area contributed by atoms with Gasteiger partial charge in [-0.15, -0.1) is 0 Å². The van der Waals surface area contributed by atoms with Crippen LogP contribution in [0, 0.1) is 20.8 Å².